The molecule has 0 aromatic heterocycles. The van der Waals surface area contributed by atoms with Crippen LogP contribution in [0.3, 0.4) is 0 Å². The zero-order valence-corrected chi connectivity index (χ0v) is 11.1. The van der Waals surface area contributed by atoms with Crippen molar-refractivity contribution in [2.45, 2.75) is 0 Å². The number of benzene rings is 1. The second-order valence-corrected chi connectivity index (χ2v) is 4.84. The van der Waals surface area contributed by atoms with Gasteiger partial charge in [-0.3, -0.25) is 4.79 Å². The van der Waals surface area contributed by atoms with E-state index in [-0.39, 0.29) is 0 Å². The van der Waals surface area contributed by atoms with Crippen molar-refractivity contribution in [1.29, 1.82) is 0 Å². The van der Waals surface area contributed by atoms with E-state index in [9.17, 15) is 4.79 Å². The van der Waals surface area contributed by atoms with Gasteiger partial charge in [0.1, 0.15) is 0 Å². The second kappa shape index (κ2) is 4.22. The van der Waals surface area contributed by atoms with Gasteiger partial charge < -0.3 is 0 Å². The quantitative estimate of drug-likeness (QED) is 0.525. The molecule has 0 bridgehead atoms. The third kappa shape index (κ3) is 2.10. The van der Waals surface area contributed by atoms with Crippen LogP contribution in [0.5, 0.6) is 0 Å². The van der Waals surface area contributed by atoms with Crippen molar-refractivity contribution in [2.75, 3.05) is 0 Å². The summed E-state index contributed by atoms with van der Waals surface area (Å²) in [6.07, 6.45) is 0. The van der Waals surface area contributed by atoms with Gasteiger partial charge >= 0.3 is 0 Å². The van der Waals surface area contributed by atoms with Gasteiger partial charge in [-0.05, 0) is 71.5 Å². The molecule has 0 saturated carbocycles. The lowest BCUT2D eigenvalue weighted by Crippen LogP contribution is -1.92. The average Bonchev–Trinajstić information content (AvgIpc) is 1.97. The summed E-state index contributed by atoms with van der Waals surface area (Å²) in [5.74, 6) is 0. The van der Waals surface area contributed by atoms with Crippen molar-refractivity contribution >= 4 is 64.6 Å². The molecule has 0 fully saturated rings. The highest BCUT2D eigenvalue weighted by Gasteiger charge is 2.13. The predicted molar refractivity (Wildman–Crippen MR) is 59.7 cm³/mol. The van der Waals surface area contributed by atoms with Crippen LogP contribution >= 0.6 is 59.4 Å². The van der Waals surface area contributed by atoms with Gasteiger partial charge in [-0.15, -0.1) is 0 Å². The molecule has 1 nitrogen and oxygen atoms in total. The molecule has 0 spiro atoms. The minimum atomic E-state index is -0.491. The minimum Gasteiger partial charge on any atom is -0.276 e. The monoisotopic (exact) mass is 374 g/mol. The molecule has 1 aromatic rings. The minimum absolute atomic E-state index is 0.436. The summed E-state index contributed by atoms with van der Waals surface area (Å²) in [5.41, 5.74) is 0.436. The Bertz CT molecular complexity index is 338. The molecular weight excluding hydrogens is 375 g/mol. The first kappa shape index (κ1) is 10.7. The number of rotatable bonds is 1. The molecule has 0 unspecified atom stereocenters. The van der Waals surface area contributed by atoms with E-state index in [4.69, 9.17) is 11.6 Å². The van der Waals surface area contributed by atoms with Gasteiger partial charge in [0.2, 0.25) is 0 Å². The third-order valence-corrected chi connectivity index (χ3v) is 4.11. The second-order valence-electron chi connectivity index (χ2n) is 1.99. The fraction of sp³-hybridized carbons (Fsp3) is 0. The predicted octanol–water partition coefficient (Wildman–Crippen LogP) is 4.35. The molecule has 1 aromatic carbocycles. The maximum atomic E-state index is 10.9. The lowest BCUT2D eigenvalue weighted by atomic mass is 10.2. The summed E-state index contributed by atoms with van der Waals surface area (Å²) >= 11 is 15.1. The van der Waals surface area contributed by atoms with E-state index in [1.807, 2.05) is 6.07 Å². The van der Waals surface area contributed by atoms with Crippen LogP contribution in [0.1, 0.15) is 10.4 Å². The number of hydrogen-bond donors (Lipinski definition) is 0. The number of carbonyl (C=O) groups excluding carboxylic acids is 1. The normalized spacial score (nSPS) is 10.0. The Hall–Kier alpha value is 0.620. The lowest BCUT2D eigenvalue weighted by molar-refractivity contribution is 0.108. The topological polar surface area (TPSA) is 17.1 Å². The Morgan fingerprint density at radius 1 is 1.17 bits per heavy atom. The highest BCUT2D eigenvalue weighted by Crippen LogP contribution is 2.33. The first-order chi connectivity index (χ1) is 5.54. The van der Waals surface area contributed by atoms with Crippen LogP contribution in [0.15, 0.2) is 25.6 Å². The standard InChI is InChI=1S/C7H2Br3ClO/c8-3-1-2-4(9)6(10)5(3)7(11)12/h1-2H. The van der Waals surface area contributed by atoms with Gasteiger partial charge in [0.05, 0.1) is 5.56 Å². The van der Waals surface area contributed by atoms with Crippen molar-refractivity contribution in [2.24, 2.45) is 0 Å². The number of carbonyl (C=O) groups is 1. The molecule has 0 N–H and O–H groups in total. The maximum Gasteiger partial charge on any atom is 0.254 e. The van der Waals surface area contributed by atoms with E-state index in [1.165, 1.54) is 0 Å². The highest BCUT2D eigenvalue weighted by molar-refractivity contribution is 9.13. The largest absolute Gasteiger partial charge is 0.276 e. The van der Waals surface area contributed by atoms with Crippen molar-refractivity contribution in [3.05, 3.63) is 31.1 Å². The smallest absolute Gasteiger partial charge is 0.254 e. The molecule has 0 atom stereocenters. The van der Waals surface area contributed by atoms with E-state index < -0.39 is 5.24 Å². The Morgan fingerprint density at radius 3 is 2.08 bits per heavy atom. The van der Waals surface area contributed by atoms with Crippen molar-refractivity contribution < 1.29 is 4.79 Å². The van der Waals surface area contributed by atoms with E-state index in [0.29, 0.717) is 14.5 Å². The van der Waals surface area contributed by atoms with Crippen molar-refractivity contribution in [3.63, 3.8) is 0 Å². The molecule has 0 radical (unpaired) electrons. The summed E-state index contributed by atoms with van der Waals surface area (Å²) in [7, 11) is 0. The Balaban J connectivity index is 3.43. The van der Waals surface area contributed by atoms with Gasteiger partial charge in [0.15, 0.2) is 0 Å². The molecule has 1 rings (SSSR count). The van der Waals surface area contributed by atoms with Crippen LogP contribution < -0.4 is 0 Å². The number of hydrogen-bond acceptors (Lipinski definition) is 1. The summed E-state index contributed by atoms with van der Waals surface area (Å²) in [6, 6.07) is 3.57. The van der Waals surface area contributed by atoms with Gasteiger partial charge in [0, 0.05) is 13.4 Å². The van der Waals surface area contributed by atoms with Gasteiger partial charge in [0.25, 0.3) is 5.24 Å². The van der Waals surface area contributed by atoms with E-state index >= 15 is 0 Å². The summed E-state index contributed by atoms with van der Waals surface area (Å²) < 4.78 is 2.14. The van der Waals surface area contributed by atoms with Crippen LogP contribution in [-0.2, 0) is 0 Å². The summed E-state index contributed by atoms with van der Waals surface area (Å²) in [4.78, 5) is 10.9. The SMILES string of the molecule is O=C(Cl)c1c(Br)ccc(Br)c1Br. The summed E-state index contributed by atoms with van der Waals surface area (Å²) in [5, 5.41) is -0.491. The summed E-state index contributed by atoms with van der Waals surface area (Å²) in [6.45, 7) is 0. The molecule has 5 heteroatoms. The zero-order valence-electron chi connectivity index (χ0n) is 5.57. The molecule has 0 amide bonds. The molecule has 0 aliphatic carbocycles. The van der Waals surface area contributed by atoms with Crippen LogP contribution in [0.25, 0.3) is 0 Å². The van der Waals surface area contributed by atoms with Crippen LogP contribution in [0, 0.1) is 0 Å². The van der Waals surface area contributed by atoms with Crippen LogP contribution in [-0.4, -0.2) is 5.24 Å². The molecule has 0 aliphatic rings. The molecule has 0 saturated heterocycles. The number of halogens is 4. The Morgan fingerprint density at radius 2 is 1.67 bits per heavy atom. The Labute approximate surface area is 99.9 Å². The lowest BCUT2D eigenvalue weighted by Gasteiger charge is -2.03. The van der Waals surface area contributed by atoms with Gasteiger partial charge in [-0.1, -0.05) is 0 Å². The fourth-order valence-corrected chi connectivity index (χ4v) is 2.76. The van der Waals surface area contributed by atoms with Crippen molar-refractivity contribution in [3.8, 4) is 0 Å². The Kier molecular flexibility index (Phi) is 3.76. The fourth-order valence-electron chi connectivity index (χ4n) is 0.707. The first-order valence-corrected chi connectivity index (χ1v) is 5.63. The average molecular weight is 377 g/mol. The zero-order chi connectivity index (χ0) is 9.30. The molecule has 0 heterocycles. The highest BCUT2D eigenvalue weighted by atomic mass is 79.9. The first-order valence-electron chi connectivity index (χ1n) is 2.87. The maximum absolute atomic E-state index is 10.9. The van der Waals surface area contributed by atoms with E-state index in [1.54, 1.807) is 6.07 Å². The third-order valence-electron chi connectivity index (χ3n) is 1.24. The molecule has 64 valence electrons. The van der Waals surface area contributed by atoms with E-state index in [2.05, 4.69) is 47.8 Å². The van der Waals surface area contributed by atoms with E-state index in [0.717, 1.165) is 4.47 Å². The molecule has 0 aliphatic heterocycles. The van der Waals surface area contributed by atoms with Gasteiger partial charge in [-0.2, -0.15) is 0 Å². The van der Waals surface area contributed by atoms with Gasteiger partial charge in [-0.25, -0.2) is 0 Å². The molecule has 12 heavy (non-hydrogen) atoms. The van der Waals surface area contributed by atoms with Crippen LogP contribution in [0.4, 0.5) is 0 Å². The molecular formula is C7H2Br3ClO. The van der Waals surface area contributed by atoms with Crippen molar-refractivity contribution in [1.82, 2.24) is 0 Å². The van der Waals surface area contributed by atoms with Crippen LogP contribution in [0.2, 0.25) is 0 Å².